The summed E-state index contributed by atoms with van der Waals surface area (Å²) in [6, 6.07) is 10.2. The zero-order chi connectivity index (χ0) is 21.0. The van der Waals surface area contributed by atoms with E-state index in [9.17, 15) is 4.79 Å². The molecule has 3 rings (SSSR count). The van der Waals surface area contributed by atoms with Gasteiger partial charge in [0.1, 0.15) is 0 Å². The molecule has 8 heteroatoms. The van der Waals surface area contributed by atoms with Crippen LogP contribution in [0.2, 0.25) is 0 Å². The Morgan fingerprint density at radius 3 is 2.65 bits per heavy atom. The fraction of sp³-hybridized carbons (Fsp3) is 0.652. The van der Waals surface area contributed by atoms with Gasteiger partial charge >= 0.3 is 0 Å². The molecule has 31 heavy (non-hydrogen) atoms. The minimum atomic E-state index is -0.0949. The van der Waals surface area contributed by atoms with Crippen LogP contribution in [0.25, 0.3) is 0 Å². The maximum Gasteiger partial charge on any atom is 0.238 e. The highest BCUT2D eigenvalue weighted by Gasteiger charge is 2.27. The lowest BCUT2D eigenvalue weighted by Crippen LogP contribution is -2.52. The summed E-state index contributed by atoms with van der Waals surface area (Å²) in [7, 11) is 0. The average molecular weight is 485 g/mol. The molecule has 1 aliphatic carbocycles. The van der Waals surface area contributed by atoms with Gasteiger partial charge in [-0.2, -0.15) is 0 Å². The molecule has 5 nitrogen and oxygen atoms in total. The number of hydrogen-bond donors (Lipinski definition) is 4. The number of thiocarbonyl (C=S) groups is 1. The standard InChI is InChI=1S/C23H36N4OS2.ClH/c28-22(21-16-30-17-26-21)27-20(12-11-18-7-3-1-4-8-18)23(29)25-14-13-24-15-19-9-5-2-6-10-19;/h2,5-6,9-10,18,20-21,24,26H,1,3-4,7-8,11-17H2,(H,25,29)(H,27,28);1H/t20-,21+;/m1./s1. The fourth-order valence-electron chi connectivity index (χ4n) is 4.21. The molecule has 0 aromatic heterocycles. The SMILES string of the molecule is Cl.O=C(N[C@H](CCC1CCCCC1)C(=S)NCCNCc1ccccc1)[C@@H]1CSCN1. The molecule has 174 valence electrons. The van der Waals surface area contributed by atoms with Crippen molar-refractivity contribution in [2.24, 2.45) is 5.92 Å². The predicted octanol–water partition coefficient (Wildman–Crippen LogP) is 3.62. The van der Waals surface area contributed by atoms with Crippen molar-refractivity contribution < 1.29 is 4.79 Å². The van der Waals surface area contributed by atoms with Crippen molar-refractivity contribution in [3.05, 3.63) is 35.9 Å². The number of benzene rings is 1. The number of carbonyl (C=O) groups excluding carboxylic acids is 1. The highest BCUT2D eigenvalue weighted by Crippen LogP contribution is 2.27. The summed E-state index contributed by atoms with van der Waals surface area (Å²) in [6.45, 7) is 2.44. The highest BCUT2D eigenvalue weighted by molar-refractivity contribution is 7.99. The first-order valence-corrected chi connectivity index (χ1v) is 12.9. The average Bonchev–Trinajstić information content (AvgIpc) is 3.33. The van der Waals surface area contributed by atoms with Crippen molar-refractivity contribution in [1.82, 2.24) is 21.3 Å². The molecule has 0 spiro atoms. The second-order valence-corrected chi connectivity index (χ2v) is 9.84. The third-order valence-electron chi connectivity index (χ3n) is 6.03. The van der Waals surface area contributed by atoms with E-state index in [1.807, 2.05) is 6.07 Å². The first-order chi connectivity index (χ1) is 14.7. The molecular weight excluding hydrogens is 448 g/mol. The van der Waals surface area contributed by atoms with Crippen LogP contribution in [-0.2, 0) is 11.3 Å². The second-order valence-electron chi connectivity index (χ2n) is 8.37. The van der Waals surface area contributed by atoms with E-state index in [2.05, 4.69) is 45.5 Å². The van der Waals surface area contributed by atoms with Gasteiger partial charge in [-0.15, -0.1) is 24.2 Å². The Morgan fingerprint density at radius 2 is 1.94 bits per heavy atom. The van der Waals surface area contributed by atoms with Crippen molar-refractivity contribution in [1.29, 1.82) is 0 Å². The monoisotopic (exact) mass is 484 g/mol. The van der Waals surface area contributed by atoms with Crippen molar-refractivity contribution in [3.8, 4) is 0 Å². The zero-order valence-corrected chi connectivity index (χ0v) is 20.7. The van der Waals surface area contributed by atoms with E-state index in [0.717, 1.165) is 55.0 Å². The van der Waals surface area contributed by atoms with Gasteiger partial charge in [0.25, 0.3) is 0 Å². The molecule has 4 N–H and O–H groups in total. The molecule has 0 bridgehead atoms. The number of carbonyl (C=O) groups is 1. The van der Waals surface area contributed by atoms with Crippen molar-refractivity contribution >= 4 is 47.3 Å². The van der Waals surface area contributed by atoms with E-state index in [1.54, 1.807) is 11.8 Å². The van der Waals surface area contributed by atoms with Gasteiger partial charge in [-0.3, -0.25) is 10.1 Å². The summed E-state index contributed by atoms with van der Waals surface area (Å²) >= 11 is 7.47. The first kappa shape index (κ1) is 26.4. The number of hydrogen-bond acceptors (Lipinski definition) is 5. The van der Waals surface area contributed by atoms with Gasteiger partial charge in [0, 0.05) is 31.3 Å². The van der Waals surface area contributed by atoms with Crippen LogP contribution in [0.4, 0.5) is 0 Å². The molecule has 1 heterocycles. The van der Waals surface area contributed by atoms with E-state index in [-0.39, 0.29) is 30.4 Å². The van der Waals surface area contributed by atoms with Crippen LogP contribution < -0.4 is 21.3 Å². The van der Waals surface area contributed by atoms with Crippen LogP contribution in [-0.4, -0.2) is 47.7 Å². The third-order valence-corrected chi connectivity index (χ3v) is 7.40. The van der Waals surface area contributed by atoms with E-state index in [0.29, 0.717) is 0 Å². The van der Waals surface area contributed by atoms with Crippen LogP contribution in [0.1, 0.15) is 50.5 Å². The Labute approximate surface area is 203 Å². The molecule has 1 amide bonds. The fourth-order valence-corrected chi connectivity index (χ4v) is 5.43. The lowest BCUT2D eigenvalue weighted by atomic mass is 9.85. The van der Waals surface area contributed by atoms with E-state index >= 15 is 0 Å². The van der Waals surface area contributed by atoms with Crippen molar-refractivity contribution in [2.75, 3.05) is 24.7 Å². The molecule has 2 aliphatic rings. The topological polar surface area (TPSA) is 65.2 Å². The Balaban J connectivity index is 0.00000341. The molecule has 1 saturated heterocycles. The second kappa shape index (κ2) is 15.1. The van der Waals surface area contributed by atoms with Crippen LogP contribution in [0.5, 0.6) is 0 Å². The normalized spacial score (nSPS) is 19.9. The molecule has 0 unspecified atom stereocenters. The summed E-state index contributed by atoms with van der Waals surface area (Å²) in [5.41, 5.74) is 1.28. The number of nitrogens with one attached hydrogen (secondary N) is 4. The van der Waals surface area contributed by atoms with Gasteiger partial charge in [0.2, 0.25) is 5.91 Å². The van der Waals surface area contributed by atoms with Crippen molar-refractivity contribution in [3.63, 3.8) is 0 Å². The summed E-state index contributed by atoms with van der Waals surface area (Å²) in [5, 5.41) is 13.3. The number of halogens is 1. The van der Waals surface area contributed by atoms with E-state index in [4.69, 9.17) is 12.2 Å². The summed E-state index contributed by atoms with van der Waals surface area (Å²) in [5.74, 6) is 2.56. The zero-order valence-electron chi connectivity index (χ0n) is 18.2. The largest absolute Gasteiger partial charge is 0.377 e. The lowest BCUT2D eigenvalue weighted by molar-refractivity contribution is -0.122. The van der Waals surface area contributed by atoms with Crippen molar-refractivity contribution in [2.45, 2.75) is 63.6 Å². The van der Waals surface area contributed by atoms with Gasteiger partial charge in [-0.25, -0.2) is 0 Å². The number of rotatable bonds is 11. The first-order valence-electron chi connectivity index (χ1n) is 11.4. The van der Waals surface area contributed by atoms with Gasteiger partial charge in [-0.1, -0.05) is 74.7 Å². The molecule has 1 aromatic carbocycles. The van der Waals surface area contributed by atoms with Crippen LogP contribution in [0, 0.1) is 5.92 Å². The molecule has 1 saturated carbocycles. The molecular formula is C23H37ClN4OS2. The molecule has 2 atom stereocenters. The van der Waals surface area contributed by atoms with Crippen LogP contribution >= 0.6 is 36.4 Å². The van der Waals surface area contributed by atoms with Gasteiger partial charge in [0.15, 0.2) is 0 Å². The Morgan fingerprint density at radius 1 is 1.16 bits per heavy atom. The minimum absolute atomic E-state index is 0. The number of thioether (sulfide) groups is 1. The van der Waals surface area contributed by atoms with Gasteiger partial charge in [0.05, 0.1) is 17.1 Å². The molecule has 0 radical (unpaired) electrons. The van der Waals surface area contributed by atoms with Gasteiger partial charge in [-0.05, 0) is 24.3 Å². The minimum Gasteiger partial charge on any atom is -0.377 e. The third kappa shape index (κ3) is 9.66. The summed E-state index contributed by atoms with van der Waals surface area (Å²) in [6.07, 6.45) is 8.79. The highest BCUT2D eigenvalue weighted by atomic mass is 35.5. The van der Waals surface area contributed by atoms with Gasteiger partial charge < -0.3 is 16.0 Å². The summed E-state index contributed by atoms with van der Waals surface area (Å²) in [4.78, 5) is 13.4. The Hall–Kier alpha value is -0.860. The smallest absolute Gasteiger partial charge is 0.238 e. The quantitative estimate of drug-likeness (QED) is 0.284. The molecule has 1 aromatic rings. The van der Waals surface area contributed by atoms with E-state index < -0.39 is 0 Å². The molecule has 1 aliphatic heterocycles. The summed E-state index contributed by atoms with van der Waals surface area (Å²) < 4.78 is 0. The Bertz CT molecular complexity index is 652. The van der Waals surface area contributed by atoms with Crippen LogP contribution in [0.15, 0.2) is 30.3 Å². The van der Waals surface area contributed by atoms with E-state index in [1.165, 1.54) is 37.7 Å². The number of amides is 1. The maximum absolute atomic E-state index is 12.7. The maximum atomic E-state index is 12.7. The van der Waals surface area contributed by atoms with Crippen LogP contribution in [0.3, 0.4) is 0 Å². The Kier molecular flexibility index (Phi) is 12.8. The molecule has 2 fully saturated rings. The lowest BCUT2D eigenvalue weighted by Gasteiger charge is -2.26. The predicted molar refractivity (Wildman–Crippen MR) is 138 cm³/mol.